The van der Waals surface area contributed by atoms with Crippen LogP contribution in [0.2, 0.25) is 5.15 Å². The molecule has 0 radical (unpaired) electrons. The number of alkyl halides is 4. The Morgan fingerprint density at radius 2 is 2.12 bits per heavy atom. The van der Waals surface area contributed by atoms with Crippen LogP contribution in [0.5, 0.6) is 0 Å². The largest absolute Gasteiger partial charge is 0.433 e. The van der Waals surface area contributed by atoms with Gasteiger partial charge in [-0.15, -0.1) is 0 Å². The molecule has 1 aromatic heterocycles. The number of nitrogens with one attached hydrogen (secondary N) is 1. The smallest absolute Gasteiger partial charge is 0.323 e. The van der Waals surface area contributed by atoms with Gasteiger partial charge in [0.05, 0.1) is 11.0 Å². The van der Waals surface area contributed by atoms with E-state index < -0.39 is 22.9 Å². The van der Waals surface area contributed by atoms with Crippen molar-refractivity contribution >= 4 is 39.1 Å². The summed E-state index contributed by atoms with van der Waals surface area (Å²) in [6.45, 7) is 0. The average molecular weight is 317 g/mol. The fourth-order valence-corrected chi connectivity index (χ4v) is 1.21. The van der Waals surface area contributed by atoms with Crippen molar-refractivity contribution in [3.8, 4) is 0 Å². The van der Waals surface area contributed by atoms with Gasteiger partial charge in [0.2, 0.25) is 5.91 Å². The molecule has 1 heterocycles. The summed E-state index contributed by atoms with van der Waals surface area (Å²) in [6, 6.07) is 1.80. The molecule has 1 aromatic rings. The van der Waals surface area contributed by atoms with Gasteiger partial charge < -0.3 is 5.32 Å². The number of aromatic nitrogens is 1. The summed E-state index contributed by atoms with van der Waals surface area (Å²) in [5, 5.41) is 1.91. The Bertz CT molecular complexity index is 411. The third kappa shape index (κ3) is 3.34. The summed E-state index contributed by atoms with van der Waals surface area (Å²) in [4.78, 5) is 14.1. The van der Waals surface area contributed by atoms with Crippen molar-refractivity contribution in [1.82, 2.24) is 4.98 Å². The number of carbonyl (C=O) groups is 1. The Balaban J connectivity index is 2.96. The van der Waals surface area contributed by atoms with Gasteiger partial charge in [0.1, 0.15) is 5.69 Å². The normalized spacial score (nSPS) is 11.3. The van der Waals surface area contributed by atoms with Crippen LogP contribution in [0.3, 0.4) is 0 Å². The Morgan fingerprint density at radius 1 is 1.50 bits per heavy atom. The Morgan fingerprint density at radius 3 is 2.56 bits per heavy atom. The van der Waals surface area contributed by atoms with Crippen LogP contribution in [0.4, 0.5) is 18.9 Å². The number of pyridine rings is 1. The van der Waals surface area contributed by atoms with Gasteiger partial charge in [-0.25, -0.2) is 4.98 Å². The van der Waals surface area contributed by atoms with E-state index in [0.29, 0.717) is 0 Å². The number of rotatable bonds is 2. The lowest BCUT2D eigenvalue weighted by atomic mass is 10.3. The minimum atomic E-state index is -4.55. The molecule has 0 atom stereocenters. The number of halogens is 5. The van der Waals surface area contributed by atoms with E-state index in [1.54, 1.807) is 0 Å². The predicted octanol–water partition coefficient (Wildman–Crippen LogP) is 3.09. The summed E-state index contributed by atoms with van der Waals surface area (Å²) in [6.07, 6.45) is -4.55. The standard InChI is InChI=1S/C8H5BrClF3N2O/c9-3-6(16)14-4-1-2-5(8(11,12)13)15-7(4)10/h1-2H,3H2,(H,14,16). The van der Waals surface area contributed by atoms with Gasteiger partial charge in [0, 0.05) is 0 Å². The lowest BCUT2D eigenvalue weighted by Gasteiger charge is -2.09. The molecule has 16 heavy (non-hydrogen) atoms. The monoisotopic (exact) mass is 316 g/mol. The highest BCUT2D eigenvalue weighted by Gasteiger charge is 2.32. The van der Waals surface area contributed by atoms with Gasteiger partial charge in [-0.05, 0) is 12.1 Å². The zero-order valence-electron chi connectivity index (χ0n) is 7.61. The molecule has 1 N–H and O–H groups in total. The topological polar surface area (TPSA) is 42.0 Å². The maximum absolute atomic E-state index is 12.2. The van der Waals surface area contributed by atoms with Crippen molar-refractivity contribution in [2.45, 2.75) is 6.18 Å². The number of anilines is 1. The summed E-state index contributed by atoms with van der Waals surface area (Å²) >= 11 is 8.38. The van der Waals surface area contributed by atoms with Gasteiger partial charge in [0.15, 0.2) is 5.15 Å². The van der Waals surface area contributed by atoms with E-state index in [1.165, 1.54) is 0 Å². The van der Waals surface area contributed by atoms with E-state index in [-0.39, 0.29) is 11.0 Å². The molecule has 3 nitrogen and oxygen atoms in total. The summed E-state index contributed by atoms with van der Waals surface area (Å²) < 4.78 is 36.6. The van der Waals surface area contributed by atoms with Crippen molar-refractivity contribution in [1.29, 1.82) is 0 Å². The average Bonchev–Trinajstić information content (AvgIpc) is 2.19. The van der Waals surface area contributed by atoms with Crippen LogP contribution in [0.15, 0.2) is 12.1 Å². The minimum Gasteiger partial charge on any atom is -0.323 e. The Labute approximate surface area is 102 Å². The third-order valence-corrected chi connectivity index (χ3v) is 2.33. The highest BCUT2D eigenvalue weighted by molar-refractivity contribution is 9.09. The van der Waals surface area contributed by atoms with Crippen LogP contribution in [-0.2, 0) is 11.0 Å². The Hall–Kier alpha value is -0.820. The van der Waals surface area contributed by atoms with E-state index in [2.05, 4.69) is 26.2 Å². The molecular weight excluding hydrogens is 312 g/mol. The molecule has 8 heteroatoms. The highest BCUT2D eigenvalue weighted by Crippen LogP contribution is 2.30. The molecule has 0 aliphatic heterocycles. The van der Waals surface area contributed by atoms with Crippen LogP contribution >= 0.6 is 27.5 Å². The molecule has 1 amide bonds. The number of amides is 1. The Kier molecular flexibility index (Phi) is 4.15. The van der Waals surface area contributed by atoms with Crippen LogP contribution < -0.4 is 5.32 Å². The van der Waals surface area contributed by atoms with Crippen molar-refractivity contribution in [2.75, 3.05) is 10.6 Å². The van der Waals surface area contributed by atoms with Gasteiger partial charge >= 0.3 is 6.18 Å². The molecule has 0 spiro atoms. The van der Waals surface area contributed by atoms with Gasteiger partial charge in [-0.1, -0.05) is 27.5 Å². The molecule has 0 aliphatic rings. The van der Waals surface area contributed by atoms with Gasteiger partial charge in [-0.2, -0.15) is 13.2 Å². The summed E-state index contributed by atoms with van der Waals surface area (Å²) in [5.41, 5.74) is -1.06. The lowest BCUT2D eigenvalue weighted by molar-refractivity contribution is -0.141. The van der Waals surface area contributed by atoms with E-state index in [1.807, 2.05) is 0 Å². The second-order valence-corrected chi connectivity index (χ2v) is 3.63. The second-order valence-electron chi connectivity index (χ2n) is 2.71. The third-order valence-electron chi connectivity index (χ3n) is 1.53. The molecular formula is C8H5BrClF3N2O. The lowest BCUT2D eigenvalue weighted by Crippen LogP contribution is -2.14. The first-order valence-electron chi connectivity index (χ1n) is 3.94. The quantitative estimate of drug-likeness (QED) is 0.673. The van der Waals surface area contributed by atoms with Crippen LogP contribution in [0, 0.1) is 0 Å². The minimum absolute atomic E-state index is 0.0182. The fourth-order valence-electron chi connectivity index (χ4n) is 0.869. The zero-order valence-corrected chi connectivity index (χ0v) is 9.95. The summed E-state index contributed by atoms with van der Waals surface area (Å²) in [7, 11) is 0. The van der Waals surface area contributed by atoms with Crippen molar-refractivity contribution < 1.29 is 18.0 Å². The van der Waals surface area contributed by atoms with Crippen molar-refractivity contribution in [3.63, 3.8) is 0 Å². The number of hydrogen-bond donors (Lipinski definition) is 1. The number of carbonyl (C=O) groups excluding carboxylic acids is 1. The van der Waals surface area contributed by atoms with Crippen molar-refractivity contribution in [2.24, 2.45) is 0 Å². The van der Waals surface area contributed by atoms with E-state index in [4.69, 9.17) is 11.6 Å². The first-order chi connectivity index (χ1) is 7.34. The molecule has 0 unspecified atom stereocenters. The maximum Gasteiger partial charge on any atom is 0.433 e. The van der Waals surface area contributed by atoms with Gasteiger partial charge in [0.25, 0.3) is 0 Å². The molecule has 0 saturated carbocycles. The predicted molar refractivity (Wildman–Crippen MR) is 56.7 cm³/mol. The van der Waals surface area contributed by atoms with Crippen LogP contribution in [0.1, 0.15) is 5.69 Å². The summed E-state index contributed by atoms with van der Waals surface area (Å²) in [5.74, 6) is -0.427. The number of nitrogens with zero attached hydrogens (tertiary/aromatic N) is 1. The molecule has 0 aromatic carbocycles. The molecule has 88 valence electrons. The van der Waals surface area contributed by atoms with Crippen LogP contribution in [-0.4, -0.2) is 16.2 Å². The second kappa shape index (κ2) is 5.01. The SMILES string of the molecule is O=C(CBr)Nc1ccc(C(F)(F)F)nc1Cl. The van der Waals surface area contributed by atoms with Gasteiger partial charge in [-0.3, -0.25) is 4.79 Å². The molecule has 1 rings (SSSR count). The molecule has 0 bridgehead atoms. The van der Waals surface area contributed by atoms with Crippen LogP contribution in [0.25, 0.3) is 0 Å². The maximum atomic E-state index is 12.2. The molecule has 0 aliphatic carbocycles. The van der Waals surface area contributed by atoms with Crippen molar-refractivity contribution in [3.05, 3.63) is 23.0 Å². The number of hydrogen-bond acceptors (Lipinski definition) is 2. The highest BCUT2D eigenvalue weighted by atomic mass is 79.9. The fraction of sp³-hybridized carbons (Fsp3) is 0.250. The zero-order chi connectivity index (χ0) is 12.3. The van der Waals surface area contributed by atoms with E-state index >= 15 is 0 Å². The van der Waals surface area contributed by atoms with E-state index in [0.717, 1.165) is 12.1 Å². The molecule has 0 saturated heterocycles. The van der Waals surface area contributed by atoms with E-state index in [9.17, 15) is 18.0 Å². The first-order valence-corrected chi connectivity index (χ1v) is 5.44. The first kappa shape index (κ1) is 13.2. The molecule has 0 fully saturated rings.